The lowest BCUT2D eigenvalue weighted by molar-refractivity contribution is 0.794. The van der Waals surface area contributed by atoms with Crippen LogP contribution in [-0.4, -0.2) is 19.9 Å². The van der Waals surface area contributed by atoms with Crippen molar-refractivity contribution in [3.8, 4) is 123 Å². The van der Waals surface area contributed by atoms with Gasteiger partial charge < -0.3 is 0 Å². The molecule has 6 heteroatoms. The molecule has 24 rings (SSSR count). The van der Waals surface area contributed by atoms with Crippen molar-refractivity contribution in [2.45, 2.75) is 5.41 Å². The normalized spacial score (nSPS) is 13.5. The zero-order valence-corrected chi connectivity index (χ0v) is 62.5. The molecular weight excluding hydrogens is 1410 g/mol. The first-order valence-corrected chi connectivity index (χ1v) is 40.3. The summed E-state index contributed by atoms with van der Waals surface area (Å²) in [5.41, 5.74) is 25.7. The number of thiophene rings is 2. The Labute approximate surface area is 659 Å². The zero-order valence-electron chi connectivity index (χ0n) is 60.9. The summed E-state index contributed by atoms with van der Waals surface area (Å²) in [7, 11) is 0. The lowest BCUT2D eigenvalue weighted by Gasteiger charge is -2.32. The van der Waals surface area contributed by atoms with Gasteiger partial charge in [0.05, 0.1) is 28.2 Å². The van der Waals surface area contributed by atoms with Crippen molar-refractivity contribution >= 4 is 117 Å². The number of aromatic nitrogens is 4. The van der Waals surface area contributed by atoms with Crippen molar-refractivity contribution in [2.24, 2.45) is 0 Å². The van der Waals surface area contributed by atoms with E-state index in [1.165, 1.54) is 139 Å². The molecule has 4 nitrogen and oxygen atoms in total. The Morgan fingerprint density at radius 2 is 0.531 bits per heavy atom. The first-order chi connectivity index (χ1) is 56.0. The van der Waals surface area contributed by atoms with Crippen LogP contribution in [-0.2, 0) is 5.41 Å². The van der Waals surface area contributed by atoms with E-state index in [0.717, 1.165) is 89.4 Å². The molecule has 0 saturated heterocycles. The molecule has 2 aliphatic rings. The van der Waals surface area contributed by atoms with Gasteiger partial charge in [0.15, 0.2) is 11.6 Å². The van der Waals surface area contributed by atoms with Gasteiger partial charge >= 0.3 is 0 Å². The highest BCUT2D eigenvalue weighted by Gasteiger charge is 2.53. The molecule has 2 aliphatic carbocycles. The van der Waals surface area contributed by atoms with E-state index in [-0.39, 0.29) is 0 Å². The van der Waals surface area contributed by atoms with Gasteiger partial charge in [0, 0.05) is 73.7 Å². The summed E-state index contributed by atoms with van der Waals surface area (Å²) in [5, 5.41) is 16.8. The van der Waals surface area contributed by atoms with Gasteiger partial charge in [-0.05, 0) is 174 Å². The fourth-order valence-corrected chi connectivity index (χ4v) is 21.7. The van der Waals surface area contributed by atoms with E-state index in [0.29, 0.717) is 11.6 Å². The maximum Gasteiger partial charge on any atom is 0.160 e. The third-order valence-electron chi connectivity index (χ3n) is 24.2. The summed E-state index contributed by atoms with van der Waals surface area (Å²) >= 11 is 3.66. The molecule has 1 atom stereocenters. The van der Waals surface area contributed by atoms with E-state index < -0.39 is 5.41 Å². The van der Waals surface area contributed by atoms with E-state index >= 15 is 0 Å². The maximum absolute atomic E-state index is 5.88. The van der Waals surface area contributed by atoms with E-state index in [1.807, 2.05) is 22.7 Å². The summed E-state index contributed by atoms with van der Waals surface area (Å²) < 4.78 is 4.93. The third-order valence-corrected chi connectivity index (χ3v) is 26.6. The van der Waals surface area contributed by atoms with Gasteiger partial charge in [0.25, 0.3) is 0 Å². The molecule has 1 unspecified atom stereocenters. The Morgan fingerprint density at radius 3 is 1.10 bits per heavy atom. The Hall–Kier alpha value is -14.1. The first-order valence-electron chi connectivity index (χ1n) is 38.6. The van der Waals surface area contributed by atoms with Crippen LogP contribution in [0.4, 0.5) is 0 Å². The largest absolute Gasteiger partial charge is 0.228 e. The second kappa shape index (κ2) is 24.9. The van der Waals surface area contributed by atoms with Crippen molar-refractivity contribution in [3.05, 3.63) is 398 Å². The number of nitrogens with zero attached hydrogens (tertiary/aromatic N) is 4. The van der Waals surface area contributed by atoms with Gasteiger partial charge in [-0.25, -0.2) is 19.9 Å². The topological polar surface area (TPSA) is 51.6 Å². The van der Waals surface area contributed by atoms with Crippen LogP contribution in [0.25, 0.3) is 218 Å². The molecule has 0 radical (unpaired) electrons. The lowest BCUT2D eigenvalue weighted by Crippen LogP contribution is -2.26. The van der Waals surface area contributed by atoms with Crippen LogP contribution >= 0.6 is 22.7 Å². The molecular formula is C107H62N4S2. The van der Waals surface area contributed by atoms with Crippen LogP contribution in [0.5, 0.6) is 0 Å². The minimum absolute atomic E-state index is 0.675. The monoisotopic (exact) mass is 1470 g/mol. The van der Waals surface area contributed by atoms with Crippen molar-refractivity contribution in [1.29, 1.82) is 0 Å². The molecule has 0 amide bonds. The van der Waals surface area contributed by atoms with Crippen molar-refractivity contribution in [2.75, 3.05) is 0 Å². The first kappa shape index (κ1) is 63.8. The summed E-state index contributed by atoms with van der Waals surface area (Å²) in [5.74, 6) is 1.36. The second-order valence-electron chi connectivity index (χ2n) is 30.0. The number of hydrogen-bond donors (Lipinski definition) is 0. The maximum atomic E-state index is 5.88. The summed E-state index contributed by atoms with van der Waals surface area (Å²) in [6.07, 6.45) is 0. The predicted octanol–water partition coefficient (Wildman–Crippen LogP) is 29.1. The summed E-state index contributed by atoms with van der Waals surface area (Å²) in [6, 6.07) is 139. The van der Waals surface area contributed by atoms with Gasteiger partial charge in [-0.1, -0.05) is 334 Å². The number of rotatable bonds is 9. The smallest absolute Gasteiger partial charge is 0.160 e. The van der Waals surface area contributed by atoms with E-state index in [4.69, 9.17) is 19.9 Å². The highest BCUT2D eigenvalue weighted by molar-refractivity contribution is 7.26. The van der Waals surface area contributed by atoms with Gasteiger partial charge in [0.2, 0.25) is 0 Å². The molecule has 0 saturated carbocycles. The Morgan fingerprint density at radius 1 is 0.186 bits per heavy atom. The Bertz CT molecular complexity index is 7820. The molecule has 522 valence electrons. The van der Waals surface area contributed by atoms with Crippen LogP contribution in [0, 0.1) is 0 Å². The van der Waals surface area contributed by atoms with Gasteiger partial charge in [-0.3, -0.25) is 0 Å². The van der Waals surface area contributed by atoms with Crippen LogP contribution in [0.15, 0.2) is 376 Å². The molecule has 0 fully saturated rings. The van der Waals surface area contributed by atoms with Crippen molar-refractivity contribution in [3.63, 3.8) is 0 Å². The van der Waals surface area contributed by atoms with E-state index in [9.17, 15) is 0 Å². The van der Waals surface area contributed by atoms with Crippen molar-refractivity contribution < 1.29 is 0 Å². The number of fused-ring (bicyclic) bond motifs is 24. The highest BCUT2D eigenvalue weighted by Crippen LogP contribution is 2.65. The SMILES string of the molecule is c1ccc(-c2cccc3ccccc23)c(-c2cc(-c3cccc4c3sc3ccccc34)nc(-c3ccc4c5ccc(-c6ccc7c(c6)-c6ccccc6C76c7ccccc7-c7cccc(-c8nc(-c9ccccc9-c9cccc%10ccccc9%10)cc(-c9cccc%10c9sc9ccccc9%10)n8)c76)cc5c5ccccc5c4c3)n2)c1. The average molecular weight is 1470 g/mol. The van der Waals surface area contributed by atoms with Crippen LogP contribution in [0.2, 0.25) is 0 Å². The fourth-order valence-electron chi connectivity index (χ4n) is 19.2. The molecule has 4 aromatic heterocycles. The Balaban J connectivity index is 0.662. The van der Waals surface area contributed by atoms with Crippen molar-refractivity contribution in [1.82, 2.24) is 19.9 Å². The lowest BCUT2D eigenvalue weighted by atomic mass is 9.69. The minimum Gasteiger partial charge on any atom is -0.228 e. The molecule has 0 bridgehead atoms. The van der Waals surface area contributed by atoms with Crippen LogP contribution in [0.3, 0.4) is 0 Å². The third kappa shape index (κ3) is 9.61. The molecule has 1 spiro atoms. The van der Waals surface area contributed by atoms with Gasteiger partial charge in [-0.15, -0.1) is 22.7 Å². The molecule has 113 heavy (non-hydrogen) atoms. The van der Waals surface area contributed by atoms with Gasteiger partial charge in [0.1, 0.15) is 0 Å². The molecule has 0 N–H and O–H groups in total. The zero-order chi connectivity index (χ0) is 74.0. The van der Waals surface area contributed by atoms with Crippen LogP contribution in [0.1, 0.15) is 22.3 Å². The average Bonchev–Trinajstić information content (AvgIpc) is 1.50. The molecule has 18 aromatic carbocycles. The fraction of sp³-hybridized carbons (Fsp3) is 0.00935. The minimum atomic E-state index is -0.723. The quantitative estimate of drug-likeness (QED) is 0.135. The standard InChI is InChI=1S/C107H62N4S2/c1-3-28-68-63(24-1)26-19-40-70(68)72-30-7-9-36-80(72)96-61-98(87-45-22-43-85-82-38-13-17-50-100(82)112-103(85)87)109-105(108-96)67-53-56-77-76-55-52-65(58-90(76)74-32-5-6-33-75(74)91(77)60-67)66-54-57-95-92(59-66)79-35-12-16-49-94(79)107(95)93-48-15-11-34-78(93)84-42-21-47-89(102(84)107)106-110-97(81-37-10-8-31-73(81)71-41-20-27-64-25-2-4-29-69(64)71)62-99(111-106)88-46-23-44-86-83-39-14-18-51-101(83)113-104(86)88/h1-62H. The number of benzene rings is 18. The Kier molecular flexibility index (Phi) is 14.1. The molecule has 4 heterocycles. The molecule has 22 aromatic rings. The van der Waals surface area contributed by atoms with Gasteiger partial charge in [-0.2, -0.15) is 0 Å². The van der Waals surface area contributed by atoms with Crippen LogP contribution < -0.4 is 0 Å². The highest BCUT2D eigenvalue weighted by atomic mass is 32.1. The summed E-state index contributed by atoms with van der Waals surface area (Å²) in [4.78, 5) is 23.0. The van der Waals surface area contributed by atoms with E-state index in [1.54, 1.807) is 0 Å². The summed E-state index contributed by atoms with van der Waals surface area (Å²) in [6.45, 7) is 0. The number of hydrogen-bond acceptors (Lipinski definition) is 6. The van der Waals surface area contributed by atoms with E-state index in [2.05, 4.69) is 376 Å². The molecule has 0 aliphatic heterocycles. The predicted molar refractivity (Wildman–Crippen MR) is 476 cm³/mol. The second-order valence-corrected chi connectivity index (χ2v) is 32.1.